The van der Waals surface area contributed by atoms with E-state index in [9.17, 15) is 9.90 Å². The van der Waals surface area contributed by atoms with E-state index in [1.807, 2.05) is 37.8 Å². The van der Waals surface area contributed by atoms with Crippen molar-refractivity contribution in [3.63, 3.8) is 0 Å². The Morgan fingerprint density at radius 3 is 2.76 bits per heavy atom. The predicted molar refractivity (Wildman–Crippen MR) is 81.8 cm³/mol. The van der Waals surface area contributed by atoms with Gasteiger partial charge in [0.15, 0.2) is 0 Å². The lowest BCUT2D eigenvalue weighted by Crippen LogP contribution is -2.42. The van der Waals surface area contributed by atoms with Crippen LogP contribution < -0.4 is 0 Å². The van der Waals surface area contributed by atoms with Crippen molar-refractivity contribution in [3.8, 4) is 0 Å². The van der Waals surface area contributed by atoms with Crippen LogP contribution in [0.1, 0.15) is 57.6 Å². The molecular weight excluding hydrogens is 266 g/mol. The number of aliphatic hydroxyl groups is 1. The number of piperidine rings is 1. The van der Waals surface area contributed by atoms with E-state index in [4.69, 9.17) is 4.42 Å². The lowest BCUT2D eigenvalue weighted by atomic mass is 9.90. The largest absolute Gasteiger partial charge is 0.464 e. The van der Waals surface area contributed by atoms with Crippen molar-refractivity contribution in [1.82, 2.24) is 4.90 Å². The van der Waals surface area contributed by atoms with E-state index < -0.39 is 6.10 Å². The summed E-state index contributed by atoms with van der Waals surface area (Å²) in [4.78, 5) is 14.4. The van der Waals surface area contributed by atoms with Gasteiger partial charge < -0.3 is 14.4 Å². The maximum Gasteiger partial charge on any atom is 0.225 e. The predicted octanol–water partition coefficient (Wildman–Crippen LogP) is 3.29. The van der Waals surface area contributed by atoms with Gasteiger partial charge in [0.05, 0.1) is 18.6 Å². The van der Waals surface area contributed by atoms with E-state index in [2.05, 4.69) is 6.92 Å². The molecule has 1 saturated heterocycles. The maximum atomic E-state index is 12.5. The van der Waals surface area contributed by atoms with Gasteiger partial charge in [0, 0.05) is 6.54 Å². The fourth-order valence-corrected chi connectivity index (χ4v) is 2.87. The van der Waals surface area contributed by atoms with Gasteiger partial charge in [-0.2, -0.15) is 0 Å². The standard InChI is InChI=1S/C17H27NO3/c1-11(2)15(19)10-17(20)18-8-7-12(3)9-14(18)16-6-5-13(4)21-16/h5-6,11-12,14-15,19H,7-10H2,1-4H3/t12-,14+,15-/m1/s1. The second-order valence-corrected chi connectivity index (χ2v) is 6.70. The summed E-state index contributed by atoms with van der Waals surface area (Å²) in [5.41, 5.74) is 0. The summed E-state index contributed by atoms with van der Waals surface area (Å²) < 4.78 is 5.75. The van der Waals surface area contributed by atoms with Gasteiger partial charge in [-0.25, -0.2) is 0 Å². The van der Waals surface area contributed by atoms with Gasteiger partial charge in [-0.1, -0.05) is 20.8 Å². The van der Waals surface area contributed by atoms with Crippen LogP contribution in [0.25, 0.3) is 0 Å². The molecule has 1 aromatic rings. The fourth-order valence-electron chi connectivity index (χ4n) is 2.87. The Morgan fingerprint density at radius 2 is 2.19 bits per heavy atom. The van der Waals surface area contributed by atoms with Crippen molar-refractivity contribution in [3.05, 3.63) is 23.7 Å². The normalized spacial score (nSPS) is 24.4. The maximum absolute atomic E-state index is 12.5. The van der Waals surface area contributed by atoms with Crippen molar-refractivity contribution in [1.29, 1.82) is 0 Å². The summed E-state index contributed by atoms with van der Waals surface area (Å²) in [5, 5.41) is 9.97. The fraction of sp³-hybridized carbons (Fsp3) is 0.706. The number of nitrogens with zero attached hydrogens (tertiary/aromatic N) is 1. The van der Waals surface area contributed by atoms with Crippen LogP contribution in [0, 0.1) is 18.8 Å². The summed E-state index contributed by atoms with van der Waals surface area (Å²) in [5.74, 6) is 2.45. The molecule has 0 spiro atoms. The van der Waals surface area contributed by atoms with E-state index in [1.165, 1.54) is 0 Å². The van der Waals surface area contributed by atoms with Gasteiger partial charge in [0.1, 0.15) is 11.5 Å². The van der Waals surface area contributed by atoms with E-state index in [0.29, 0.717) is 5.92 Å². The van der Waals surface area contributed by atoms with Crippen molar-refractivity contribution in [2.45, 2.75) is 59.1 Å². The van der Waals surface area contributed by atoms with Gasteiger partial charge >= 0.3 is 0 Å². The number of rotatable bonds is 4. The molecular formula is C17H27NO3. The van der Waals surface area contributed by atoms with Gasteiger partial charge in [0.2, 0.25) is 5.91 Å². The first-order chi connectivity index (χ1) is 9.88. The zero-order valence-corrected chi connectivity index (χ0v) is 13.5. The number of aliphatic hydroxyl groups excluding tert-OH is 1. The van der Waals surface area contributed by atoms with E-state index in [0.717, 1.165) is 30.9 Å². The molecule has 2 rings (SSSR count). The monoisotopic (exact) mass is 293 g/mol. The van der Waals surface area contributed by atoms with Crippen molar-refractivity contribution in [2.75, 3.05) is 6.54 Å². The lowest BCUT2D eigenvalue weighted by molar-refractivity contribution is -0.139. The molecule has 21 heavy (non-hydrogen) atoms. The molecule has 2 heterocycles. The number of amides is 1. The minimum Gasteiger partial charge on any atom is -0.464 e. The number of likely N-dealkylation sites (tertiary alicyclic amines) is 1. The molecule has 1 amide bonds. The van der Waals surface area contributed by atoms with Gasteiger partial charge in [-0.05, 0) is 43.7 Å². The average Bonchev–Trinajstić information content (AvgIpc) is 2.84. The summed E-state index contributed by atoms with van der Waals surface area (Å²) >= 11 is 0. The average molecular weight is 293 g/mol. The Morgan fingerprint density at radius 1 is 1.48 bits per heavy atom. The molecule has 1 aliphatic rings. The Hall–Kier alpha value is -1.29. The molecule has 118 valence electrons. The first-order valence-corrected chi connectivity index (χ1v) is 7.92. The summed E-state index contributed by atoms with van der Waals surface area (Å²) in [7, 11) is 0. The van der Waals surface area contributed by atoms with Gasteiger partial charge in [-0.15, -0.1) is 0 Å². The molecule has 0 unspecified atom stereocenters. The molecule has 1 aliphatic heterocycles. The summed E-state index contributed by atoms with van der Waals surface area (Å²) in [6.45, 7) is 8.75. The first-order valence-electron chi connectivity index (χ1n) is 7.92. The molecule has 0 aromatic carbocycles. The number of carbonyl (C=O) groups excluding carboxylic acids is 1. The Bertz CT molecular complexity index is 480. The third-order valence-electron chi connectivity index (χ3n) is 4.43. The SMILES string of the molecule is Cc1ccc([C@@H]2C[C@H](C)CCN2C(=O)C[C@@H](O)C(C)C)o1. The molecule has 1 fully saturated rings. The number of carbonyl (C=O) groups is 1. The van der Waals surface area contributed by atoms with E-state index >= 15 is 0 Å². The summed E-state index contributed by atoms with van der Waals surface area (Å²) in [6, 6.07) is 3.92. The highest BCUT2D eigenvalue weighted by Crippen LogP contribution is 2.35. The van der Waals surface area contributed by atoms with Gasteiger partial charge in [-0.3, -0.25) is 4.79 Å². The van der Waals surface area contributed by atoms with Crippen LogP contribution >= 0.6 is 0 Å². The van der Waals surface area contributed by atoms with Gasteiger partial charge in [0.25, 0.3) is 0 Å². The molecule has 0 aliphatic carbocycles. The second-order valence-electron chi connectivity index (χ2n) is 6.70. The summed E-state index contributed by atoms with van der Waals surface area (Å²) in [6.07, 6.45) is 1.56. The smallest absolute Gasteiger partial charge is 0.225 e. The third kappa shape index (κ3) is 3.88. The van der Waals surface area contributed by atoms with Crippen LogP contribution in [-0.4, -0.2) is 28.6 Å². The highest BCUT2D eigenvalue weighted by atomic mass is 16.3. The number of furan rings is 1. The molecule has 4 heteroatoms. The molecule has 0 saturated carbocycles. The minimum absolute atomic E-state index is 0.00862. The molecule has 0 radical (unpaired) electrons. The van der Waals surface area contributed by atoms with Crippen molar-refractivity contribution in [2.24, 2.45) is 11.8 Å². The third-order valence-corrected chi connectivity index (χ3v) is 4.43. The molecule has 1 N–H and O–H groups in total. The molecule has 3 atom stereocenters. The van der Waals surface area contributed by atoms with Crippen LogP contribution in [0.15, 0.2) is 16.5 Å². The van der Waals surface area contributed by atoms with Crippen molar-refractivity contribution < 1.29 is 14.3 Å². The molecule has 4 nitrogen and oxygen atoms in total. The molecule has 1 aromatic heterocycles. The Kier molecular flexibility index (Phi) is 5.09. The number of aryl methyl sites for hydroxylation is 1. The highest BCUT2D eigenvalue weighted by Gasteiger charge is 2.33. The van der Waals surface area contributed by atoms with Crippen LogP contribution in [0.3, 0.4) is 0 Å². The zero-order valence-electron chi connectivity index (χ0n) is 13.5. The zero-order chi connectivity index (χ0) is 15.6. The van der Waals surface area contributed by atoms with Crippen LogP contribution in [0.2, 0.25) is 0 Å². The first kappa shape index (κ1) is 16.1. The van der Waals surface area contributed by atoms with E-state index in [1.54, 1.807) is 0 Å². The Labute approximate surface area is 127 Å². The van der Waals surface area contributed by atoms with Crippen LogP contribution in [-0.2, 0) is 4.79 Å². The van der Waals surface area contributed by atoms with Crippen LogP contribution in [0.4, 0.5) is 0 Å². The molecule has 0 bridgehead atoms. The Balaban J connectivity index is 2.13. The minimum atomic E-state index is -0.573. The quantitative estimate of drug-likeness (QED) is 0.926. The lowest BCUT2D eigenvalue weighted by Gasteiger charge is -2.38. The number of hydrogen-bond donors (Lipinski definition) is 1. The highest BCUT2D eigenvalue weighted by molar-refractivity contribution is 5.77. The topological polar surface area (TPSA) is 53.7 Å². The van der Waals surface area contributed by atoms with Crippen molar-refractivity contribution >= 4 is 5.91 Å². The second kappa shape index (κ2) is 6.65. The van der Waals surface area contributed by atoms with Crippen LogP contribution in [0.5, 0.6) is 0 Å². The number of hydrogen-bond acceptors (Lipinski definition) is 3. The van der Waals surface area contributed by atoms with E-state index in [-0.39, 0.29) is 24.3 Å².